The number of phenols is 2. The second kappa shape index (κ2) is 37.6. The van der Waals surface area contributed by atoms with Crippen molar-refractivity contribution in [2.75, 3.05) is 27.4 Å². The van der Waals surface area contributed by atoms with Gasteiger partial charge in [0.05, 0.1) is 45.3 Å². The summed E-state index contributed by atoms with van der Waals surface area (Å²) >= 11 is 0. The summed E-state index contributed by atoms with van der Waals surface area (Å²) in [5.74, 6) is 4.31. The minimum atomic E-state index is -1.56. The van der Waals surface area contributed by atoms with Crippen LogP contribution in [-0.2, 0) is 28.7 Å². The normalized spacial score (nSPS) is 22.8. The maximum Gasteiger partial charge on any atom is 0.240 e. The molecule has 2 saturated heterocycles. The number of carbonyl (C=O) groups excluding carboxylic acids is 5. The molecule has 10 unspecified atom stereocenters. The van der Waals surface area contributed by atoms with E-state index >= 15 is 0 Å². The fraction of sp³-hybridized carbons (Fsp3) is 0.568. The molecule has 0 saturated carbocycles. The minimum absolute atomic E-state index is 0. The van der Waals surface area contributed by atoms with E-state index in [0.717, 1.165) is 0 Å². The van der Waals surface area contributed by atoms with Gasteiger partial charge in [-0.05, 0) is 49.9 Å². The summed E-state index contributed by atoms with van der Waals surface area (Å²) in [5, 5.41) is 106. The van der Waals surface area contributed by atoms with Crippen LogP contribution < -0.4 is 47.9 Å². The van der Waals surface area contributed by atoms with Crippen molar-refractivity contribution in [2.45, 2.75) is 134 Å². The minimum Gasteiger partial charge on any atom is -0.507 e. The molecule has 72 heavy (non-hydrogen) atoms. The van der Waals surface area contributed by atoms with Gasteiger partial charge in [-0.3, -0.25) is 40.3 Å². The topological polar surface area (TPSA) is 459 Å². The first-order valence-electron chi connectivity index (χ1n) is 21.4. The molecular formula is C44H73N9O19. The number of benzene rings is 2. The van der Waals surface area contributed by atoms with Crippen molar-refractivity contribution in [3.8, 4) is 29.1 Å². The number of aldehydes is 1. The Morgan fingerprint density at radius 2 is 1.04 bits per heavy atom. The van der Waals surface area contributed by atoms with Crippen LogP contribution in [0.5, 0.6) is 23.0 Å². The van der Waals surface area contributed by atoms with Crippen LogP contribution in [0.1, 0.15) is 89.1 Å². The van der Waals surface area contributed by atoms with E-state index in [0.29, 0.717) is 49.0 Å². The Morgan fingerprint density at radius 1 is 0.667 bits per heavy atom. The number of aromatic hydroxyl groups is 2. The molecule has 0 spiro atoms. The van der Waals surface area contributed by atoms with Crippen LogP contribution in [0.4, 0.5) is 0 Å². The summed E-state index contributed by atoms with van der Waals surface area (Å²) in [6, 6.07) is 10.9. The van der Waals surface area contributed by atoms with Gasteiger partial charge in [-0.2, -0.15) is 10.4 Å². The molecule has 0 aliphatic carbocycles. The number of unbranched alkanes of at least 4 members (excludes halogenated alkanes) is 2. The summed E-state index contributed by atoms with van der Waals surface area (Å²) in [5.41, 5.74) is 14.4. The van der Waals surface area contributed by atoms with E-state index in [-0.39, 0.29) is 69.4 Å². The predicted octanol–water partition coefficient (Wildman–Crippen LogP) is -3.20. The molecule has 408 valence electrons. The Balaban J connectivity index is 0. The number of nitrogens with one attached hydrogen (secondary N) is 6. The number of nitrogens with two attached hydrogens (primary N) is 1. The first-order chi connectivity index (χ1) is 33.3. The standard InChI is InChI=1S/C20H30N4O9.C12H24N4O7.C8H8O3.C2H3N.2CH4/c1-32-12-7-6-11(13(26)8-12)9-21-22-15(27)4-2-3-5-16(28)23-24-20-19(31)18(30)17(29)14(10-25)33-20;13-14-7(18)3-1-2-4-8(19)15-16-12-11(22)10(21)9(20)6(5-17)23-12;1-11-7-3-2-6(5-9)8(10)4-7;1-2-3;;/h6-9,14,17-20,24-26,29-31H,2-5,10H2,1H3,(H,22,27)(H,23,28);6,9-12,16-17,20-22H,1-5,13H2,(H,14,18)(H,15,19);2-5,10H,1H3;1H3;2*1H4/b21-9+;;;;;. The highest BCUT2D eigenvalue weighted by atomic mass is 16.6. The zero-order valence-electron chi connectivity index (χ0n) is 38.6. The molecule has 2 aliphatic rings. The van der Waals surface area contributed by atoms with Crippen molar-refractivity contribution >= 4 is 36.1 Å². The number of carbonyl (C=O) groups is 5. The molecule has 28 nitrogen and oxygen atoms in total. The van der Waals surface area contributed by atoms with Gasteiger partial charge < -0.3 is 70.0 Å². The number of nitriles is 1. The number of hydrazine groups is 3. The monoisotopic (exact) mass is 1030 g/mol. The number of hydrogen-bond donors (Lipinski definition) is 17. The second-order valence-corrected chi connectivity index (χ2v) is 14.8. The summed E-state index contributed by atoms with van der Waals surface area (Å²) < 4.78 is 20.2. The molecule has 0 aromatic heterocycles. The number of amides is 4. The third-order valence-electron chi connectivity index (χ3n) is 9.76. The van der Waals surface area contributed by atoms with Crippen LogP contribution >= 0.6 is 0 Å². The molecule has 4 amide bonds. The number of phenolic OH excluding ortho intramolecular Hbond substituents is 2. The lowest BCUT2D eigenvalue weighted by Crippen LogP contribution is -2.64. The van der Waals surface area contributed by atoms with Gasteiger partial charge in [0.15, 0.2) is 18.7 Å². The van der Waals surface area contributed by atoms with Gasteiger partial charge >= 0.3 is 0 Å². The lowest BCUT2D eigenvalue weighted by molar-refractivity contribution is -0.238. The average molecular weight is 1030 g/mol. The van der Waals surface area contributed by atoms with Crippen LogP contribution in [0.15, 0.2) is 41.5 Å². The molecule has 10 atom stereocenters. The Hall–Kier alpha value is -6.17. The molecule has 0 bridgehead atoms. The van der Waals surface area contributed by atoms with E-state index in [1.165, 1.54) is 45.6 Å². The van der Waals surface area contributed by atoms with Crippen molar-refractivity contribution in [1.82, 2.24) is 32.6 Å². The van der Waals surface area contributed by atoms with Crippen LogP contribution in [0.2, 0.25) is 0 Å². The van der Waals surface area contributed by atoms with Crippen molar-refractivity contribution in [1.29, 1.82) is 5.26 Å². The molecule has 18 N–H and O–H groups in total. The van der Waals surface area contributed by atoms with Crippen molar-refractivity contribution in [3.05, 3.63) is 47.5 Å². The second-order valence-electron chi connectivity index (χ2n) is 14.8. The summed E-state index contributed by atoms with van der Waals surface area (Å²) in [6.07, 6.45) is -9.44. The lowest BCUT2D eigenvalue weighted by atomic mass is 9.99. The van der Waals surface area contributed by atoms with E-state index in [9.17, 15) is 59.7 Å². The predicted molar refractivity (Wildman–Crippen MR) is 255 cm³/mol. The van der Waals surface area contributed by atoms with Gasteiger partial charge in [0.25, 0.3) is 0 Å². The highest BCUT2D eigenvalue weighted by molar-refractivity contribution is 5.85. The fourth-order valence-corrected chi connectivity index (χ4v) is 5.82. The van der Waals surface area contributed by atoms with Gasteiger partial charge in [0.2, 0.25) is 23.6 Å². The first kappa shape index (κ1) is 67.9. The third kappa shape index (κ3) is 24.3. The highest BCUT2D eigenvalue weighted by Gasteiger charge is 2.44. The molecule has 2 aliphatic heterocycles. The number of hydrazone groups is 1. The van der Waals surface area contributed by atoms with Crippen molar-refractivity contribution in [2.24, 2.45) is 10.9 Å². The number of ether oxygens (including phenoxy) is 4. The number of nitrogens with zero attached hydrogens (tertiary/aromatic N) is 2. The van der Waals surface area contributed by atoms with Gasteiger partial charge in [-0.15, -0.1) is 0 Å². The Bertz CT molecular complexity index is 1980. The van der Waals surface area contributed by atoms with Crippen LogP contribution in [0.25, 0.3) is 0 Å². The van der Waals surface area contributed by atoms with E-state index in [2.05, 4.69) is 32.2 Å². The highest BCUT2D eigenvalue weighted by Crippen LogP contribution is 2.23. The van der Waals surface area contributed by atoms with E-state index in [1.54, 1.807) is 24.3 Å². The Morgan fingerprint density at radius 3 is 1.39 bits per heavy atom. The smallest absolute Gasteiger partial charge is 0.240 e. The lowest BCUT2D eigenvalue weighted by Gasteiger charge is -2.40. The van der Waals surface area contributed by atoms with Gasteiger partial charge in [-0.1, -0.05) is 14.9 Å². The fourth-order valence-electron chi connectivity index (χ4n) is 5.82. The Labute approximate surface area is 416 Å². The zero-order chi connectivity index (χ0) is 52.8. The Kier molecular flexibility index (Phi) is 35.5. The summed E-state index contributed by atoms with van der Waals surface area (Å²) in [6.45, 7) is 0.296. The SMILES string of the molecule is C.C.CC#N.COc1ccc(/C=N/NC(=O)CCCCC(=O)NNC2OC(CO)C(O)C(O)C2O)c(O)c1.COc1ccc(C=O)c(O)c1.NNC(=O)CCCCC(=O)NNC1OC(CO)C(O)C(O)C1O. The van der Waals surface area contributed by atoms with Crippen LogP contribution in [-0.4, -0.2) is 176 Å². The number of aliphatic hydroxyl groups is 8. The van der Waals surface area contributed by atoms with Gasteiger partial charge in [0, 0.05) is 50.3 Å². The summed E-state index contributed by atoms with van der Waals surface area (Å²) in [4.78, 5) is 56.4. The molecule has 4 rings (SSSR count). The first-order valence-corrected chi connectivity index (χ1v) is 21.4. The molecular weight excluding hydrogens is 959 g/mol. The van der Waals surface area contributed by atoms with Crippen LogP contribution in [0, 0.1) is 11.3 Å². The maximum atomic E-state index is 11.9. The summed E-state index contributed by atoms with van der Waals surface area (Å²) in [7, 11) is 2.97. The molecule has 2 aromatic rings. The van der Waals surface area contributed by atoms with Gasteiger partial charge in [0.1, 0.15) is 71.8 Å². The van der Waals surface area contributed by atoms with Gasteiger partial charge in [-0.25, -0.2) is 22.1 Å². The number of methoxy groups -OCH3 is 2. The molecule has 2 fully saturated rings. The third-order valence-corrected chi connectivity index (χ3v) is 9.76. The van der Waals surface area contributed by atoms with E-state index in [4.69, 9.17) is 45.4 Å². The zero-order valence-corrected chi connectivity index (χ0v) is 38.6. The van der Waals surface area contributed by atoms with Crippen molar-refractivity contribution < 1.29 is 94.0 Å². The molecule has 0 radical (unpaired) electrons. The largest absolute Gasteiger partial charge is 0.507 e. The van der Waals surface area contributed by atoms with E-state index in [1.807, 2.05) is 5.43 Å². The average Bonchev–Trinajstić information content (AvgIpc) is 3.35. The number of rotatable bonds is 21. The molecule has 28 heteroatoms. The van der Waals surface area contributed by atoms with E-state index < -0.39 is 86.3 Å². The van der Waals surface area contributed by atoms with Crippen LogP contribution in [0.3, 0.4) is 0 Å². The quantitative estimate of drug-likeness (QED) is 0.0146. The molecule has 2 heterocycles. The maximum absolute atomic E-state index is 11.9. The number of aliphatic hydroxyl groups excluding tert-OH is 8. The molecule has 2 aromatic carbocycles. The number of hydrogen-bond acceptors (Lipinski definition) is 24. The van der Waals surface area contributed by atoms with Crippen molar-refractivity contribution in [3.63, 3.8) is 0 Å².